The molecule has 0 spiro atoms. The Bertz CT molecular complexity index is 1400. The third kappa shape index (κ3) is 7.69. The van der Waals surface area contributed by atoms with E-state index in [-0.39, 0.29) is 5.75 Å². The molecule has 1 saturated heterocycles. The molecule has 0 radical (unpaired) electrons. The van der Waals surface area contributed by atoms with Crippen LogP contribution in [-0.4, -0.2) is 62.0 Å². The molecule has 1 unspecified atom stereocenters. The van der Waals surface area contributed by atoms with E-state index in [1.807, 2.05) is 53.2 Å². The Hall–Kier alpha value is -4.14. The number of amides is 1. The second-order valence-corrected chi connectivity index (χ2v) is 10.2. The number of aromatic nitrogens is 2. The summed E-state index contributed by atoms with van der Waals surface area (Å²) >= 11 is 0. The van der Waals surface area contributed by atoms with Gasteiger partial charge in [0.1, 0.15) is 28.4 Å². The molecule has 9 heteroatoms. The van der Waals surface area contributed by atoms with E-state index in [1.54, 1.807) is 33.9 Å². The highest BCUT2D eigenvalue weighted by molar-refractivity contribution is 5.86. The molecule has 39 heavy (non-hydrogen) atoms. The number of ether oxygens (including phenoxy) is 1. The van der Waals surface area contributed by atoms with Crippen LogP contribution in [0.2, 0.25) is 0 Å². The van der Waals surface area contributed by atoms with Gasteiger partial charge in [0, 0.05) is 25.2 Å². The molecule has 0 aliphatic carbocycles. The van der Waals surface area contributed by atoms with Gasteiger partial charge in [-0.05, 0) is 70.7 Å². The zero-order chi connectivity index (χ0) is 28.6. The molecule has 3 heterocycles. The van der Waals surface area contributed by atoms with Crippen molar-refractivity contribution in [3.05, 3.63) is 72.0 Å². The van der Waals surface area contributed by atoms with Gasteiger partial charge in [-0.25, -0.2) is 14.6 Å². The van der Waals surface area contributed by atoms with Crippen LogP contribution < -0.4 is 5.49 Å². The number of phenolic OH excluding ortho intramolecular Hbond substituents is 1. The van der Waals surface area contributed by atoms with Crippen LogP contribution in [0, 0.1) is 0 Å². The Morgan fingerprint density at radius 2 is 1.90 bits per heavy atom. The summed E-state index contributed by atoms with van der Waals surface area (Å²) in [6.07, 6.45) is 6.62. The molecule has 9 nitrogen and oxygen atoms in total. The summed E-state index contributed by atoms with van der Waals surface area (Å²) in [4.78, 5) is 33.1. The lowest BCUT2D eigenvalue weighted by Gasteiger charge is -2.34. The van der Waals surface area contributed by atoms with Gasteiger partial charge in [0.25, 0.3) is 0 Å². The number of allylic oxidation sites excluding steroid dienone is 1. The number of benzene rings is 1. The van der Waals surface area contributed by atoms with Crippen molar-refractivity contribution >= 4 is 28.7 Å². The molecule has 1 aromatic carbocycles. The highest BCUT2D eigenvalue weighted by Crippen LogP contribution is 2.25. The SMILES string of the molecule is CC(C)(C)OC(=O)N1CCCCC1C(=O)O.CC/C=C(\c1ccc2cccc(O)c2n1)n1ccccc1=NC. The number of carbonyl (C=O) groups excluding carboxylic acids is 1. The monoisotopic (exact) mass is 534 g/mol. The predicted octanol–water partition coefficient (Wildman–Crippen LogP) is 5.43. The van der Waals surface area contributed by atoms with Crippen molar-refractivity contribution < 1.29 is 24.5 Å². The van der Waals surface area contributed by atoms with Crippen molar-refractivity contribution in [1.82, 2.24) is 14.5 Å². The summed E-state index contributed by atoms with van der Waals surface area (Å²) in [6.45, 7) is 7.86. The first kappa shape index (κ1) is 29.4. The zero-order valence-corrected chi connectivity index (χ0v) is 23.3. The van der Waals surface area contributed by atoms with Crippen LogP contribution in [-0.2, 0) is 9.53 Å². The number of nitrogens with zero attached hydrogens (tertiary/aromatic N) is 4. The van der Waals surface area contributed by atoms with Crippen molar-refractivity contribution in [2.24, 2.45) is 4.99 Å². The molecular formula is C30H38N4O5. The number of aliphatic carboxylic acids is 1. The number of piperidine rings is 1. The number of carboxylic acids is 1. The number of carboxylic acid groups (broad SMARTS) is 1. The lowest BCUT2D eigenvalue weighted by Crippen LogP contribution is -2.49. The normalized spacial score (nSPS) is 16.4. The topological polar surface area (TPSA) is 117 Å². The van der Waals surface area contributed by atoms with Crippen molar-refractivity contribution in [3.8, 4) is 5.75 Å². The maximum Gasteiger partial charge on any atom is 0.411 e. The molecule has 1 atom stereocenters. The number of aromatic hydroxyl groups is 1. The quantitative estimate of drug-likeness (QED) is 0.461. The number of pyridine rings is 2. The lowest BCUT2D eigenvalue weighted by atomic mass is 10.0. The number of rotatable bonds is 4. The van der Waals surface area contributed by atoms with Crippen LogP contribution in [0.15, 0.2) is 65.8 Å². The molecule has 2 N–H and O–H groups in total. The maximum atomic E-state index is 11.8. The summed E-state index contributed by atoms with van der Waals surface area (Å²) < 4.78 is 7.19. The third-order valence-electron chi connectivity index (χ3n) is 6.10. The summed E-state index contributed by atoms with van der Waals surface area (Å²) in [5.74, 6) is -0.760. The molecule has 1 amide bonds. The summed E-state index contributed by atoms with van der Waals surface area (Å²) in [7, 11) is 1.77. The summed E-state index contributed by atoms with van der Waals surface area (Å²) in [5.41, 5.74) is 2.64. The first-order valence-electron chi connectivity index (χ1n) is 13.2. The van der Waals surface area contributed by atoms with E-state index >= 15 is 0 Å². The van der Waals surface area contributed by atoms with Gasteiger partial charge in [-0.1, -0.05) is 37.3 Å². The van der Waals surface area contributed by atoms with Crippen LogP contribution >= 0.6 is 0 Å². The fraction of sp³-hybridized carbons (Fsp3) is 0.400. The minimum absolute atomic E-state index is 0.193. The molecular weight excluding hydrogens is 496 g/mol. The number of hydrogen-bond acceptors (Lipinski definition) is 6. The molecule has 2 aromatic heterocycles. The molecule has 1 fully saturated rings. The maximum absolute atomic E-state index is 11.8. The Kier molecular flexibility index (Phi) is 9.87. The summed E-state index contributed by atoms with van der Waals surface area (Å²) in [5, 5.41) is 20.0. The van der Waals surface area contributed by atoms with Gasteiger partial charge < -0.3 is 19.5 Å². The average Bonchev–Trinajstić information content (AvgIpc) is 2.91. The smallest absolute Gasteiger partial charge is 0.411 e. The highest BCUT2D eigenvalue weighted by Gasteiger charge is 2.34. The molecule has 0 bridgehead atoms. The van der Waals surface area contributed by atoms with E-state index < -0.39 is 23.7 Å². The Balaban J connectivity index is 0.000000231. The Morgan fingerprint density at radius 3 is 2.56 bits per heavy atom. The first-order valence-corrected chi connectivity index (χ1v) is 13.2. The van der Waals surface area contributed by atoms with Crippen molar-refractivity contribution in [2.75, 3.05) is 13.6 Å². The van der Waals surface area contributed by atoms with Gasteiger partial charge in [0.2, 0.25) is 0 Å². The van der Waals surface area contributed by atoms with E-state index in [4.69, 9.17) is 9.84 Å². The standard InChI is InChI=1S/C19H19N3O.C11H19NO4/c1-3-7-16(22-13-5-4-10-18(22)20-2)15-12-11-14-8-6-9-17(23)19(14)21-15;1-11(2,3)16-10(15)12-7-5-4-6-8(12)9(13)14/h4-13,23H,3H2,1-2H3;8H,4-7H2,1-3H3,(H,13,14)/b16-7+,20-18?;. The molecule has 1 aliphatic rings. The molecule has 208 valence electrons. The number of phenols is 1. The first-order chi connectivity index (χ1) is 18.6. The number of carbonyl (C=O) groups is 2. The van der Waals surface area contributed by atoms with E-state index in [2.05, 4.69) is 23.0 Å². The van der Waals surface area contributed by atoms with Crippen molar-refractivity contribution in [1.29, 1.82) is 0 Å². The van der Waals surface area contributed by atoms with Crippen molar-refractivity contribution in [2.45, 2.75) is 65.0 Å². The average molecular weight is 535 g/mol. The molecule has 1 aliphatic heterocycles. The van der Waals surface area contributed by atoms with Crippen LogP contribution in [0.25, 0.3) is 16.6 Å². The van der Waals surface area contributed by atoms with Gasteiger partial charge in [-0.2, -0.15) is 0 Å². The van der Waals surface area contributed by atoms with E-state index in [1.165, 1.54) is 4.90 Å². The molecule has 4 rings (SSSR count). The number of fused-ring (bicyclic) bond motifs is 1. The second-order valence-electron chi connectivity index (χ2n) is 10.2. The third-order valence-corrected chi connectivity index (χ3v) is 6.10. The van der Waals surface area contributed by atoms with E-state index in [0.29, 0.717) is 18.5 Å². The van der Waals surface area contributed by atoms with Gasteiger partial charge in [0.05, 0.1) is 11.4 Å². The van der Waals surface area contributed by atoms with E-state index in [0.717, 1.165) is 41.5 Å². The lowest BCUT2D eigenvalue weighted by molar-refractivity contribution is -0.144. The minimum atomic E-state index is -0.953. The van der Waals surface area contributed by atoms with Gasteiger partial charge in [-0.15, -0.1) is 0 Å². The predicted molar refractivity (Wildman–Crippen MR) is 151 cm³/mol. The van der Waals surface area contributed by atoms with Crippen LogP contribution in [0.3, 0.4) is 0 Å². The van der Waals surface area contributed by atoms with Crippen LogP contribution in [0.4, 0.5) is 4.79 Å². The Labute approximate surface area is 229 Å². The zero-order valence-electron chi connectivity index (χ0n) is 23.3. The number of hydrogen-bond donors (Lipinski definition) is 2. The fourth-order valence-electron chi connectivity index (χ4n) is 4.34. The molecule has 0 saturated carbocycles. The van der Waals surface area contributed by atoms with Crippen molar-refractivity contribution in [3.63, 3.8) is 0 Å². The number of likely N-dealkylation sites (tertiary alicyclic amines) is 1. The fourth-order valence-corrected chi connectivity index (χ4v) is 4.34. The van der Waals surface area contributed by atoms with Gasteiger partial charge >= 0.3 is 12.1 Å². The summed E-state index contributed by atoms with van der Waals surface area (Å²) in [6, 6.07) is 14.5. The van der Waals surface area contributed by atoms with Crippen LogP contribution in [0.1, 0.15) is 59.1 Å². The number of para-hydroxylation sites is 1. The molecule has 3 aromatic rings. The minimum Gasteiger partial charge on any atom is -0.506 e. The largest absolute Gasteiger partial charge is 0.506 e. The van der Waals surface area contributed by atoms with E-state index in [9.17, 15) is 14.7 Å². The second kappa shape index (κ2) is 13.1. The Morgan fingerprint density at radius 1 is 1.13 bits per heavy atom. The van der Waals surface area contributed by atoms with Gasteiger partial charge in [-0.3, -0.25) is 9.89 Å². The van der Waals surface area contributed by atoms with Crippen LogP contribution in [0.5, 0.6) is 5.75 Å². The highest BCUT2D eigenvalue weighted by atomic mass is 16.6. The van der Waals surface area contributed by atoms with Gasteiger partial charge in [0.15, 0.2) is 0 Å².